The van der Waals surface area contributed by atoms with Crippen molar-refractivity contribution in [1.82, 2.24) is 9.97 Å². The molecule has 5 heteroatoms. The third kappa shape index (κ3) is 4.39. The number of nitrogens with one attached hydrogen (secondary N) is 1. The Labute approximate surface area is 147 Å². The van der Waals surface area contributed by atoms with Crippen molar-refractivity contribution >= 4 is 22.4 Å². The average molecular weight is 332 g/mol. The van der Waals surface area contributed by atoms with E-state index in [4.69, 9.17) is 10.5 Å². The van der Waals surface area contributed by atoms with Gasteiger partial charge in [-0.1, -0.05) is 18.1 Å². The van der Waals surface area contributed by atoms with Crippen LogP contribution in [0.25, 0.3) is 10.9 Å². The molecule has 0 aliphatic carbocycles. The second kappa shape index (κ2) is 8.02. The molecule has 2 aromatic carbocycles. The number of rotatable bonds is 6. The molecule has 0 aliphatic heterocycles. The molecule has 0 saturated carbocycles. The molecule has 3 rings (SSSR count). The maximum atomic E-state index is 5.87. The first kappa shape index (κ1) is 16.6. The number of nitrogens with zero attached hydrogens (tertiary/aromatic N) is 2. The molecule has 1 heterocycles. The number of ether oxygens (including phenoxy) is 1. The van der Waals surface area contributed by atoms with Crippen molar-refractivity contribution in [2.75, 3.05) is 24.2 Å². The first-order chi connectivity index (χ1) is 12.3. The lowest BCUT2D eigenvalue weighted by Gasteiger charge is -2.09. The summed E-state index contributed by atoms with van der Waals surface area (Å²) in [5.74, 6) is 7.34. The molecule has 5 nitrogen and oxygen atoms in total. The lowest BCUT2D eigenvalue weighted by atomic mass is 10.1. The largest absolute Gasteiger partial charge is 0.481 e. The Balaban J connectivity index is 1.64. The van der Waals surface area contributed by atoms with E-state index in [1.54, 1.807) is 13.3 Å². The van der Waals surface area contributed by atoms with Crippen LogP contribution in [0, 0.1) is 11.8 Å². The standard InChI is InChI=1S/C20H20N4O/c1-2-3-11-25-17-6-4-5-15(12-17)9-10-22-20-18-13-16(21)7-8-19(18)23-14-24-20/h4-8,12-14H,9-11,21H2,1H3,(H,22,23,24). The van der Waals surface area contributed by atoms with Crippen molar-refractivity contribution in [3.63, 3.8) is 0 Å². The molecule has 0 atom stereocenters. The smallest absolute Gasteiger partial charge is 0.149 e. The van der Waals surface area contributed by atoms with Crippen LogP contribution in [-0.2, 0) is 6.42 Å². The molecular weight excluding hydrogens is 312 g/mol. The Morgan fingerprint density at radius 3 is 2.96 bits per heavy atom. The summed E-state index contributed by atoms with van der Waals surface area (Å²) in [4.78, 5) is 8.59. The van der Waals surface area contributed by atoms with Gasteiger partial charge in [0.15, 0.2) is 0 Å². The van der Waals surface area contributed by atoms with E-state index < -0.39 is 0 Å². The second-order valence-electron chi connectivity index (χ2n) is 5.54. The summed E-state index contributed by atoms with van der Waals surface area (Å²) < 4.78 is 5.59. The molecule has 0 amide bonds. The summed E-state index contributed by atoms with van der Waals surface area (Å²) in [6.45, 7) is 2.96. The molecule has 0 spiro atoms. The number of fused-ring (bicyclic) bond motifs is 1. The topological polar surface area (TPSA) is 73.1 Å². The van der Waals surface area contributed by atoms with Gasteiger partial charge in [0.25, 0.3) is 0 Å². The van der Waals surface area contributed by atoms with Crippen LogP contribution in [0.5, 0.6) is 5.75 Å². The van der Waals surface area contributed by atoms with Crippen LogP contribution < -0.4 is 15.8 Å². The molecule has 0 radical (unpaired) electrons. The van der Waals surface area contributed by atoms with E-state index in [2.05, 4.69) is 33.2 Å². The number of anilines is 2. The van der Waals surface area contributed by atoms with E-state index in [1.165, 1.54) is 5.56 Å². The summed E-state index contributed by atoms with van der Waals surface area (Å²) >= 11 is 0. The fourth-order valence-corrected chi connectivity index (χ4v) is 2.52. The predicted molar refractivity (Wildman–Crippen MR) is 102 cm³/mol. The van der Waals surface area contributed by atoms with E-state index in [0.717, 1.165) is 35.4 Å². The zero-order chi connectivity index (χ0) is 17.5. The molecule has 3 aromatic rings. The minimum absolute atomic E-state index is 0.409. The normalized spacial score (nSPS) is 10.1. The highest BCUT2D eigenvalue weighted by Gasteiger charge is 2.04. The molecule has 126 valence electrons. The number of hydrogen-bond acceptors (Lipinski definition) is 5. The molecule has 0 fully saturated rings. The number of aromatic nitrogens is 2. The molecule has 25 heavy (non-hydrogen) atoms. The number of hydrogen-bond donors (Lipinski definition) is 2. The van der Waals surface area contributed by atoms with Gasteiger partial charge in [-0.2, -0.15) is 0 Å². The second-order valence-corrected chi connectivity index (χ2v) is 5.54. The predicted octanol–water partition coefficient (Wildman–Crippen LogP) is 3.27. The van der Waals surface area contributed by atoms with E-state index in [0.29, 0.717) is 12.3 Å². The molecule has 0 bridgehead atoms. The highest BCUT2D eigenvalue weighted by Crippen LogP contribution is 2.21. The Morgan fingerprint density at radius 2 is 2.08 bits per heavy atom. The van der Waals surface area contributed by atoms with Crippen molar-refractivity contribution in [2.24, 2.45) is 0 Å². The zero-order valence-corrected chi connectivity index (χ0v) is 14.1. The summed E-state index contributed by atoms with van der Waals surface area (Å²) in [5.41, 5.74) is 8.63. The summed E-state index contributed by atoms with van der Waals surface area (Å²) in [6.07, 6.45) is 2.41. The van der Waals surface area contributed by atoms with Crippen molar-refractivity contribution in [2.45, 2.75) is 13.3 Å². The van der Waals surface area contributed by atoms with Crippen LogP contribution in [0.2, 0.25) is 0 Å². The van der Waals surface area contributed by atoms with Crippen molar-refractivity contribution in [3.8, 4) is 17.6 Å². The first-order valence-electron chi connectivity index (χ1n) is 8.12. The molecule has 1 aromatic heterocycles. The van der Waals surface area contributed by atoms with Gasteiger partial charge in [-0.15, -0.1) is 5.92 Å². The van der Waals surface area contributed by atoms with Gasteiger partial charge in [0, 0.05) is 17.6 Å². The SMILES string of the molecule is CC#CCOc1cccc(CCNc2ncnc3ccc(N)cc23)c1. The highest BCUT2D eigenvalue weighted by molar-refractivity contribution is 5.91. The van der Waals surface area contributed by atoms with Crippen LogP contribution in [0.4, 0.5) is 11.5 Å². The fraction of sp³-hybridized carbons (Fsp3) is 0.200. The summed E-state index contributed by atoms with van der Waals surface area (Å²) in [6, 6.07) is 13.7. The maximum absolute atomic E-state index is 5.87. The third-order valence-electron chi connectivity index (χ3n) is 3.75. The minimum Gasteiger partial charge on any atom is -0.481 e. The molecule has 0 aliphatic rings. The average Bonchev–Trinajstić information content (AvgIpc) is 2.63. The molecular formula is C20H20N4O. The monoisotopic (exact) mass is 332 g/mol. The third-order valence-corrected chi connectivity index (χ3v) is 3.75. The number of nitrogens with two attached hydrogens (primary N) is 1. The van der Waals surface area contributed by atoms with Gasteiger partial charge in [0.05, 0.1) is 5.52 Å². The van der Waals surface area contributed by atoms with Crippen molar-refractivity contribution < 1.29 is 4.74 Å². The molecule has 0 unspecified atom stereocenters. The van der Waals surface area contributed by atoms with E-state index >= 15 is 0 Å². The highest BCUT2D eigenvalue weighted by atomic mass is 16.5. The number of benzene rings is 2. The van der Waals surface area contributed by atoms with Gasteiger partial charge in [0.2, 0.25) is 0 Å². The first-order valence-corrected chi connectivity index (χ1v) is 8.12. The van der Waals surface area contributed by atoms with Crippen LogP contribution in [0.3, 0.4) is 0 Å². The van der Waals surface area contributed by atoms with E-state index in [1.807, 2.05) is 36.4 Å². The van der Waals surface area contributed by atoms with E-state index in [-0.39, 0.29) is 0 Å². The van der Waals surface area contributed by atoms with Crippen molar-refractivity contribution in [1.29, 1.82) is 0 Å². The van der Waals surface area contributed by atoms with Crippen LogP contribution in [0.1, 0.15) is 12.5 Å². The van der Waals surface area contributed by atoms with Crippen molar-refractivity contribution in [3.05, 3.63) is 54.4 Å². The van der Waals surface area contributed by atoms with Crippen LogP contribution in [0.15, 0.2) is 48.8 Å². The van der Waals surface area contributed by atoms with Gasteiger partial charge >= 0.3 is 0 Å². The van der Waals surface area contributed by atoms with Gasteiger partial charge < -0.3 is 15.8 Å². The minimum atomic E-state index is 0.409. The van der Waals surface area contributed by atoms with Crippen LogP contribution >= 0.6 is 0 Å². The quantitative estimate of drug-likeness (QED) is 0.535. The Morgan fingerprint density at radius 1 is 1.16 bits per heavy atom. The lowest BCUT2D eigenvalue weighted by Crippen LogP contribution is -2.07. The summed E-state index contributed by atoms with van der Waals surface area (Å²) in [7, 11) is 0. The van der Waals surface area contributed by atoms with Gasteiger partial charge in [-0.3, -0.25) is 0 Å². The van der Waals surface area contributed by atoms with Gasteiger partial charge in [-0.25, -0.2) is 9.97 Å². The summed E-state index contributed by atoms with van der Waals surface area (Å²) in [5, 5.41) is 4.29. The molecule has 3 N–H and O–H groups in total. The Bertz CT molecular complexity index is 928. The fourth-order valence-electron chi connectivity index (χ4n) is 2.52. The Hall–Kier alpha value is -3.26. The van der Waals surface area contributed by atoms with Gasteiger partial charge in [0.1, 0.15) is 24.5 Å². The lowest BCUT2D eigenvalue weighted by molar-refractivity contribution is 0.370. The number of nitrogen functional groups attached to an aromatic ring is 1. The Kier molecular flexibility index (Phi) is 5.32. The molecule has 0 saturated heterocycles. The maximum Gasteiger partial charge on any atom is 0.149 e. The van der Waals surface area contributed by atoms with Gasteiger partial charge in [-0.05, 0) is 49.2 Å². The van der Waals surface area contributed by atoms with E-state index in [9.17, 15) is 0 Å². The van der Waals surface area contributed by atoms with Crippen LogP contribution in [-0.4, -0.2) is 23.1 Å². The zero-order valence-electron chi connectivity index (χ0n) is 14.1.